The first-order chi connectivity index (χ1) is 7.77. The Morgan fingerprint density at radius 3 is 2.69 bits per heavy atom. The fraction of sp³-hybridized carbons (Fsp3) is 0.182. The summed E-state index contributed by atoms with van der Waals surface area (Å²) in [6.07, 6.45) is 3.77. The second-order valence-electron chi connectivity index (χ2n) is 3.47. The Hall–Kier alpha value is -1.75. The smallest absolute Gasteiger partial charge is 0.137 e. The van der Waals surface area contributed by atoms with Gasteiger partial charge in [-0.05, 0) is 5.56 Å². The van der Waals surface area contributed by atoms with Crippen LogP contribution < -0.4 is 5.73 Å². The Labute approximate surface area is 99.1 Å². The Morgan fingerprint density at radius 2 is 2.12 bits per heavy atom. The summed E-state index contributed by atoms with van der Waals surface area (Å²) in [6, 6.07) is 10.0. The highest BCUT2D eigenvalue weighted by Crippen LogP contribution is 2.20. The minimum atomic E-state index is 0.0289. The zero-order valence-corrected chi connectivity index (χ0v) is 9.47. The van der Waals surface area contributed by atoms with Crippen molar-refractivity contribution in [2.75, 3.05) is 0 Å². The quantitative estimate of drug-likeness (QED) is 0.812. The van der Waals surface area contributed by atoms with Crippen molar-refractivity contribution in [2.45, 2.75) is 12.5 Å². The molecule has 0 aliphatic carbocycles. The predicted molar refractivity (Wildman–Crippen MR) is 66.0 cm³/mol. The largest absolute Gasteiger partial charge is 0.393 e. The molecule has 1 unspecified atom stereocenters. The Kier molecular flexibility index (Phi) is 3.26. The van der Waals surface area contributed by atoms with Crippen molar-refractivity contribution in [1.29, 1.82) is 0 Å². The van der Waals surface area contributed by atoms with Crippen LogP contribution in [-0.4, -0.2) is 19.8 Å². The molecule has 0 aliphatic heterocycles. The van der Waals surface area contributed by atoms with Crippen molar-refractivity contribution >= 4 is 17.2 Å². The Balaban J connectivity index is 2.32. The van der Waals surface area contributed by atoms with Gasteiger partial charge in [0.05, 0.1) is 11.0 Å². The van der Waals surface area contributed by atoms with E-state index in [-0.39, 0.29) is 6.04 Å². The third-order valence-electron chi connectivity index (χ3n) is 2.33. The van der Waals surface area contributed by atoms with E-state index in [1.54, 1.807) is 11.0 Å². The van der Waals surface area contributed by atoms with Gasteiger partial charge in [-0.1, -0.05) is 42.5 Å². The molecular formula is C11H12N4S. The van der Waals surface area contributed by atoms with E-state index >= 15 is 0 Å². The number of aromatic nitrogens is 3. The van der Waals surface area contributed by atoms with Crippen LogP contribution in [0.15, 0.2) is 43.0 Å². The summed E-state index contributed by atoms with van der Waals surface area (Å²) in [6.45, 7) is 0. The minimum Gasteiger partial charge on any atom is -0.393 e. The number of hydrogen-bond acceptors (Lipinski definition) is 3. The molecule has 5 heteroatoms. The van der Waals surface area contributed by atoms with E-state index in [0.29, 0.717) is 11.4 Å². The van der Waals surface area contributed by atoms with Crippen LogP contribution in [0.2, 0.25) is 0 Å². The number of benzene rings is 1. The standard InChI is InChI=1S/C11H12N4S/c12-11(16)6-10(15-8-13-7-14-15)9-4-2-1-3-5-9/h1-5,7-8,10H,6H2,(H2,12,16). The number of nitrogens with two attached hydrogens (primary N) is 1. The highest BCUT2D eigenvalue weighted by Gasteiger charge is 2.14. The van der Waals surface area contributed by atoms with Crippen LogP contribution in [0.5, 0.6) is 0 Å². The lowest BCUT2D eigenvalue weighted by atomic mass is 10.0. The lowest BCUT2D eigenvalue weighted by Crippen LogP contribution is -2.19. The highest BCUT2D eigenvalue weighted by atomic mass is 32.1. The predicted octanol–water partition coefficient (Wildman–Crippen LogP) is 1.54. The van der Waals surface area contributed by atoms with E-state index in [4.69, 9.17) is 18.0 Å². The molecule has 1 atom stereocenters. The molecule has 0 amide bonds. The lowest BCUT2D eigenvalue weighted by molar-refractivity contribution is 0.538. The summed E-state index contributed by atoms with van der Waals surface area (Å²) in [5.41, 5.74) is 6.73. The van der Waals surface area contributed by atoms with E-state index in [1.807, 2.05) is 30.3 Å². The molecule has 0 bridgehead atoms. The molecule has 0 fully saturated rings. The van der Waals surface area contributed by atoms with Gasteiger partial charge in [-0.2, -0.15) is 5.10 Å². The lowest BCUT2D eigenvalue weighted by Gasteiger charge is -2.16. The van der Waals surface area contributed by atoms with Crippen molar-refractivity contribution in [3.8, 4) is 0 Å². The van der Waals surface area contributed by atoms with Crippen LogP contribution in [0.25, 0.3) is 0 Å². The number of nitrogens with zero attached hydrogens (tertiary/aromatic N) is 3. The van der Waals surface area contributed by atoms with Gasteiger partial charge in [0.25, 0.3) is 0 Å². The minimum absolute atomic E-state index is 0.0289. The van der Waals surface area contributed by atoms with E-state index < -0.39 is 0 Å². The van der Waals surface area contributed by atoms with Crippen molar-refractivity contribution in [1.82, 2.24) is 14.8 Å². The van der Waals surface area contributed by atoms with Crippen LogP contribution in [0.3, 0.4) is 0 Å². The van der Waals surface area contributed by atoms with Crippen molar-refractivity contribution in [2.24, 2.45) is 5.73 Å². The van der Waals surface area contributed by atoms with E-state index in [0.717, 1.165) is 5.56 Å². The molecule has 0 saturated heterocycles. The van der Waals surface area contributed by atoms with Crippen LogP contribution in [0, 0.1) is 0 Å². The molecule has 2 rings (SSSR count). The van der Waals surface area contributed by atoms with Gasteiger partial charge in [-0.15, -0.1) is 0 Å². The zero-order chi connectivity index (χ0) is 11.4. The molecule has 1 aromatic carbocycles. The van der Waals surface area contributed by atoms with Crippen molar-refractivity contribution < 1.29 is 0 Å². The first kappa shape index (κ1) is 10.8. The molecule has 1 heterocycles. The number of rotatable bonds is 4. The molecule has 1 aromatic heterocycles. The highest BCUT2D eigenvalue weighted by molar-refractivity contribution is 7.80. The normalized spacial score (nSPS) is 12.2. The van der Waals surface area contributed by atoms with Gasteiger partial charge in [-0.25, -0.2) is 9.67 Å². The van der Waals surface area contributed by atoms with Crippen LogP contribution >= 0.6 is 12.2 Å². The van der Waals surface area contributed by atoms with Gasteiger partial charge in [-0.3, -0.25) is 0 Å². The second-order valence-corrected chi connectivity index (χ2v) is 4.00. The van der Waals surface area contributed by atoms with Crippen molar-refractivity contribution in [3.05, 3.63) is 48.5 Å². The third-order valence-corrected chi connectivity index (χ3v) is 2.50. The molecule has 0 radical (unpaired) electrons. The molecular weight excluding hydrogens is 220 g/mol. The second kappa shape index (κ2) is 4.85. The molecule has 2 aromatic rings. The van der Waals surface area contributed by atoms with E-state index in [9.17, 15) is 0 Å². The van der Waals surface area contributed by atoms with Gasteiger partial charge < -0.3 is 5.73 Å². The van der Waals surface area contributed by atoms with Gasteiger partial charge in [0, 0.05) is 6.42 Å². The number of thiocarbonyl (C=S) groups is 1. The summed E-state index contributed by atoms with van der Waals surface area (Å²) in [7, 11) is 0. The summed E-state index contributed by atoms with van der Waals surface area (Å²) >= 11 is 4.96. The zero-order valence-electron chi connectivity index (χ0n) is 8.65. The molecule has 4 nitrogen and oxygen atoms in total. The van der Waals surface area contributed by atoms with Gasteiger partial charge in [0.2, 0.25) is 0 Å². The molecule has 2 N–H and O–H groups in total. The Morgan fingerprint density at radius 1 is 1.38 bits per heavy atom. The average molecular weight is 232 g/mol. The topological polar surface area (TPSA) is 56.7 Å². The maximum atomic E-state index is 5.61. The Bertz CT molecular complexity index is 452. The SMILES string of the molecule is NC(=S)CC(c1ccccc1)n1cncn1. The molecule has 0 aliphatic rings. The first-order valence-electron chi connectivity index (χ1n) is 4.94. The summed E-state index contributed by atoms with van der Waals surface area (Å²) < 4.78 is 1.77. The summed E-state index contributed by atoms with van der Waals surface area (Å²) in [4.78, 5) is 4.42. The summed E-state index contributed by atoms with van der Waals surface area (Å²) in [5.74, 6) is 0. The van der Waals surface area contributed by atoms with Crippen LogP contribution in [-0.2, 0) is 0 Å². The molecule has 0 saturated carbocycles. The van der Waals surface area contributed by atoms with E-state index in [2.05, 4.69) is 10.1 Å². The van der Waals surface area contributed by atoms with Gasteiger partial charge in [0.1, 0.15) is 12.7 Å². The maximum absolute atomic E-state index is 5.61. The van der Waals surface area contributed by atoms with Gasteiger partial charge >= 0.3 is 0 Å². The average Bonchev–Trinajstić information content (AvgIpc) is 2.80. The van der Waals surface area contributed by atoms with E-state index in [1.165, 1.54) is 6.33 Å². The first-order valence-corrected chi connectivity index (χ1v) is 5.35. The molecule has 82 valence electrons. The summed E-state index contributed by atoms with van der Waals surface area (Å²) in [5, 5.41) is 4.14. The third kappa shape index (κ3) is 2.43. The fourth-order valence-electron chi connectivity index (χ4n) is 1.61. The van der Waals surface area contributed by atoms with Gasteiger partial charge in [0.15, 0.2) is 0 Å². The van der Waals surface area contributed by atoms with Crippen LogP contribution in [0.4, 0.5) is 0 Å². The molecule has 16 heavy (non-hydrogen) atoms. The maximum Gasteiger partial charge on any atom is 0.137 e. The van der Waals surface area contributed by atoms with Crippen molar-refractivity contribution in [3.63, 3.8) is 0 Å². The fourth-order valence-corrected chi connectivity index (χ4v) is 1.77. The number of hydrogen-bond donors (Lipinski definition) is 1. The van der Waals surface area contributed by atoms with Crippen LogP contribution in [0.1, 0.15) is 18.0 Å². The monoisotopic (exact) mass is 232 g/mol. The molecule has 0 spiro atoms.